The first-order valence-corrected chi connectivity index (χ1v) is 4.16. The Morgan fingerprint density at radius 2 is 0.933 bits per heavy atom. The minimum Gasteiger partial charge on any atom is -0.330 e. The van der Waals surface area contributed by atoms with Gasteiger partial charge < -0.3 is 11.5 Å². The molecule has 8 heteroatoms. The van der Waals surface area contributed by atoms with Crippen molar-refractivity contribution in [2.45, 2.75) is 25.2 Å². The second kappa shape index (κ2) is 4.56. The summed E-state index contributed by atoms with van der Waals surface area (Å²) in [5.74, 6) is 0. The summed E-state index contributed by atoms with van der Waals surface area (Å²) in [4.78, 5) is 0. The van der Waals surface area contributed by atoms with Gasteiger partial charge in [0.2, 0.25) is 0 Å². The molecule has 0 aliphatic carbocycles. The molecule has 15 heavy (non-hydrogen) atoms. The summed E-state index contributed by atoms with van der Waals surface area (Å²) in [5.41, 5.74) is 5.82. The van der Waals surface area contributed by atoms with Crippen LogP contribution in [0.15, 0.2) is 0 Å². The molecule has 0 spiro atoms. The fourth-order valence-corrected chi connectivity index (χ4v) is 1.35. The summed E-state index contributed by atoms with van der Waals surface area (Å²) in [5, 5.41) is 0. The highest BCUT2D eigenvalue weighted by Gasteiger charge is 2.69. The Kier molecular flexibility index (Phi) is 4.41. The summed E-state index contributed by atoms with van der Waals surface area (Å²) < 4.78 is 74.5. The Balaban J connectivity index is 5.28. The fourth-order valence-electron chi connectivity index (χ4n) is 1.35. The maximum Gasteiger partial charge on any atom is 0.403 e. The molecular weight excluding hydrogens is 226 g/mol. The summed E-state index contributed by atoms with van der Waals surface area (Å²) in [6, 6.07) is 0. The van der Waals surface area contributed by atoms with Gasteiger partial charge in [-0.05, 0) is 25.9 Å². The van der Waals surface area contributed by atoms with Crippen LogP contribution >= 0.6 is 0 Å². The zero-order valence-electron chi connectivity index (χ0n) is 7.75. The standard InChI is InChI=1S/C7H12F6N2/c8-6(9,10)5(1-3-14,2-4-15)7(11,12)13/h1-4,14-15H2. The molecule has 0 unspecified atom stereocenters. The average Bonchev–Trinajstić information content (AvgIpc) is 1.99. The van der Waals surface area contributed by atoms with Gasteiger partial charge in [-0.3, -0.25) is 0 Å². The van der Waals surface area contributed by atoms with Crippen LogP contribution in [0.2, 0.25) is 0 Å². The molecule has 0 heterocycles. The Bertz CT molecular complexity index is 175. The summed E-state index contributed by atoms with van der Waals surface area (Å²) in [6.07, 6.45) is -13.2. The van der Waals surface area contributed by atoms with Crippen molar-refractivity contribution < 1.29 is 26.3 Å². The summed E-state index contributed by atoms with van der Waals surface area (Å²) in [7, 11) is 0. The Hall–Kier alpha value is -0.500. The van der Waals surface area contributed by atoms with Gasteiger partial charge in [0.25, 0.3) is 0 Å². The molecule has 92 valence electrons. The van der Waals surface area contributed by atoms with Gasteiger partial charge in [-0.25, -0.2) is 0 Å². The van der Waals surface area contributed by atoms with Crippen LogP contribution in [0, 0.1) is 5.41 Å². The highest BCUT2D eigenvalue weighted by Crippen LogP contribution is 2.54. The molecule has 0 fully saturated rings. The molecule has 0 aliphatic rings. The van der Waals surface area contributed by atoms with Crippen molar-refractivity contribution in [1.82, 2.24) is 0 Å². The third-order valence-electron chi connectivity index (χ3n) is 2.23. The molecule has 0 atom stereocenters. The van der Waals surface area contributed by atoms with Crippen LogP contribution in [-0.2, 0) is 0 Å². The SMILES string of the molecule is NCCC(CCN)(C(F)(F)F)C(F)(F)F. The van der Waals surface area contributed by atoms with E-state index in [0.29, 0.717) is 0 Å². The number of halogens is 6. The molecule has 0 amide bonds. The van der Waals surface area contributed by atoms with E-state index in [9.17, 15) is 26.3 Å². The second-order valence-corrected chi connectivity index (χ2v) is 3.15. The van der Waals surface area contributed by atoms with E-state index in [4.69, 9.17) is 11.5 Å². The Labute approximate surface area is 82.6 Å². The minimum absolute atomic E-state index is 0.695. The maximum absolute atomic E-state index is 12.4. The average molecular weight is 238 g/mol. The molecule has 0 saturated heterocycles. The van der Waals surface area contributed by atoms with E-state index in [0.717, 1.165) is 0 Å². The van der Waals surface area contributed by atoms with Crippen molar-refractivity contribution in [3.63, 3.8) is 0 Å². The van der Waals surface area contributed by atoms with E-state index in [1.807, 2.05) is 0 Å². The van der Waals surface area contributed by atoms with Crippen molar-refractivity contribution in [2.24, 2.45) is 16.9 Å². The largest absolute Gasteiger partial charge is 0.403 e. The lowest BCUT2D eigenvalue weighted by Gasteiger charge is -2.36. The van der Waals surface area contributed by atoms with E-state index >= 15 is 0 Å². The third kappa shape index (κ3) is 2.75. The lowest BCUT2D eigenvalue weighted by Crippen LogP contribution is -2.52. The van der Waals surface area contributed by atoms with Gasteiger partial charge in [-0.15, -0.1) is 0 Å². The van der Waals surface area contributed by atoms with Crippen molar-refractivity contribution >= 4 is 0 Å². The first kappa shape index (κ1) is 14.5. The molecule has 0 rings (SSSR count). The van der Waals surface area contributed by atoms with Gasteiger partial charge >= 0.3 is 12.4 Å². The minimum atomic E-state index is -5.38. The van der Waals surface area contributed by atoms with Crippen LogP contribution in [0.5, 0.6) is 0 Å². The van der Waals surface area contributed by atoms with Gasteiger partial charge in [0.05, 0.1) is 0 Å². The van der Waals surface area contributed by atoms with E-state index in [1.165, 1.54) is 0 Å². The topological polar surface area (TPSA) is 52.0 Å². The number of hydrogen-bond donors (Lipinski definition) is 2. The van der Waals surface area contributed by atoms with Crippen LogP contribution in [-0.4, -0.2) is 25.4 Å². The van der Waals surface area contributed by atoms with Crippen molar-refractivity contribution in [3.05, 3.63) is 0 Å². The molecule has 0 aromatic heterocycles. The maximum atomic E-state index is 12.4. The Morgan fingerprint density at radius 3 is 1.07 bits per heavy atom. The van der Waals surface area contributed by atoms with Gasteiger partial charge in [-0.1, -0.05) is 0 Å². The first-order valence-electron chi connectivity index (χ1n) is 4.16. The Morgan fingerprint density at radius 1 is 0.667 bits per heavy atom. The highest BCUT2D eigenvalue weighted by atomic mass is 19.4. The fraction of sp³-hybridized carbons (Fsp3) is 1.00. The van der Waals surface area contributed by atoms with Crippen LogP contribution < -0.4 is 11.5 Å². The van der Waals surface area contributed by atoms with Gasteiger partial charge in [0.15, 0.2) is 5.41 Å². The number of nitrogens with two attached hydrogens (primary N) is 2. The smallest absolute Gasteiger partial charge is 0.330 e. The van der Waals surface area contributed by atoms with Gasteiger partial charge in [0, 0.05) is 0 Å². The van der Waals surface area contributed by atoms with Crippen molar-refractivity contribution in [3.8, 4) is 0 Å². The molecular formula is C7H12F6N2. The zero-order chi connectivity index (χ0) is 12.3. The molecule has 0 radical (unpaired) electrons. The first-order chi connectivity index (χ1) is 6.62. The van der Waals surface area contributed by atoms with Gasteiger partial charge in [0.1, 0.15) is 0 Å². The zero-order valence-corrected chi connectivity index (χ0v) is 7.75. The monoisotopic (exact) mass is 238 g/mol. The number of hydrogen-bond acceptors (Lipinski definition) is 2. The summed E-state index contributed by atoms with van der Waals surface area (Å²) >= 11 is 0. The third-order valence-corrected chi connectivity index (χ3v) is 2.23. The predicted octanol–water partition coefficient (Wildman–Crippen LogP) is 1.80. The normalized spacial score (nSPS) is 14.4. The van der Waals surface area contributed by atoms with E-state index in [-0.39, 0.29) is 0 Å². The highest BCUT2D eigenvalue weighted by molar-refractivity contribution is 4.93. The lowest BCUT2D eigenvalue weighted by molar-refractivity contribution is -0.344. The van der Waals surface area contributed by atoms with Crippen LogP contribution in [0.25, 0.3) is 0 Å². The molecule has 0 bridgehead atoms. The molecule has 0 saturated carbocycles. The predicted molar refractivity (Wildman–Crippen MR) is 41.9 cm³/mol. The molecule has 0 aromatic carbocycles. The van der Waals surface area contributed by atoms with Crippen LogP contribution in [0.3, 0.4) is 0 Å². The van der Waals surface area contributed by atoms with Gasteiger partial charge in [-0.2, -0.15) is 26.3 Å². The van der Waals surface area contributed by atoms with Crippen LogP contribution in [0.1, 0.15) is 12.8 Å². The molecule has 4 N–H and O–H groups in total. The molecule has 0 aliphatic heterocycles. The van der Waals surface area contributed by atoms with Crippen molar-refractivity contribution in [2.75, 3.05) is 13.1 Å². The van der Waals surface area contributed by atoms with E-state index < -0.39 is 43.7 Å². The number of alkyl halides is 6. The molecule has 0 aromatic rings. The molecule has 2 nitrogen and oxygen atoms in total. The number of rotatable bonds is 4. The summed E-state index contributed by atoms with van der Waals surface area (Å²) in [6.45, 7) is -1.39. The lowest BCUT2D eigenvalue weighted by atomic mass is 9.79. The van der Waals surface area contributed by atoms with E-state index in [2.05, 4.69) is 0 Å². The quantitative estimate of drug-likeness (QED) is 0.733. The van der Waals surface area contributed by atoms with E-state index in [1.54, 1.807) is 0 Å². The van der Waals surface area contributed by atoms with Crippen LogP contribution in [0.4, 0.5) is 26.3 Å². The van der Waals surface area contributed by atoms with Crippen molar-refractivity contribution in [1.29, 1.82) is 0 Å². The second-order valence-electron chi connectivity index (χ2n) is 3.15.